The largest absolute Gasteiger partial charge is 0.495 e. The number of nitrogens with one attached hydrogen (secondary N) is 1. The molecule has 1 N–H and O–H groups in total. The molecule has 110 valence electrons. The van der Waals surface area contributed by atoms with Crippen molar-refractivity contribution in [1.29, 1.82) is 0 Å². The second-order valence-electron chi connectivity index (χ2n) is 5.52. The van der Waals surface area contributed by atoms with Gasteiger partial charge in [-0.2, -0.15) is 0 Å². The van der Waals surface area contributed by atoms with E-state index in [0.717, 1.165) is 12.2 Å². The molecular formula is C18H20ClNO. The number of rotatable bonds is 4. The zero-order valence-electron chi connectivity index (χ0n) is 12.2. The Morgan fingerprint density at radius 2 is 2.10 bits per heavy atom. The second-order valence-corrected chi connectivity index (χ2v) is 5.93. The van der Waals surface area contributed by atoms with Crippen molar-refractivity contribution in [1.82, 2.24) is 0 Å². The van der Waals surface area contributed by atoms with Crippen molar-refractivity contribution < 1.29 is 4.74 Å². The van der Waals surface area contributed by atoms with Crippen LogP contribution in [0.5, 0.6) is 5.75 Å². The molecule has 0 bridgehead atoms. The topological polar surface area (TPSA) is 21.3 Å². The highest BCUT2D eigenvalue weighted by Crippen LogP contribution is 2.32. The molecule has 0 radical (unpaired) electrons. The summed E-state index contributed by atoms with van der Waals surface area (Å²) in [5.41, 5.74) is 4.04. The van der Waals surface area contributed by atoms with Gasteiger partial charge in [0.2, 0.25) is 0 Å². The first-order chi connectivity index (χ1) is 10.3. The van der Waals surface area contributed by atoms with Gasteiger partial charge in [-0.3, -0.25) is 0 Å². The van der Waals surface area contributed by atoms with E-state index in [1.54, 1.807) is 7.11 Å². The molecule has 0 spiro atoms. The first-order valence-corrected chi connectivity index (χ1v) is 7.81. The monoisotopic (exact) mass is 301 g/mol. The molecule has 0 amide bonds. The molecule has 0 aliphatic heterocycles. The zero-order chi connectivity index (χ0) is 14.7. The van der Waals surface area contributed by atoms with Crippen molar-refractivity contribution in [3.05, 3.63) is 58.6 Å². The standard InChI is InChI=1S/C18H20ClNO/c1-21-18-10-9-15(11-17(18)19)20-12-14-7-4-6-13-5-2-3-8-16(13)14/h2-3,5,8-11,14,20H,4,6-7,12H2,1H3. The van der Waals surface area contributed by atoms with Gasteiger partial charge in [0, 0.05) is 18.2 Å². The predicted molar refractivity (Wildman–Crippen MR) is 88.6 cm³/mol. The summed E-state index contributed by atoms with van der Waals surface area (Å²) >= 11 is 6.17. The number of benzene rings is 2. The van der Waals surface area contributed by atoms with Crippen LogP contribution in [0.2, 0.25) is 5.02 Å². The molecule has 0 aromatic heterocycles. The molecule has 1 unspecified atom stereocenters. The van der Waals surface area contributed by atoms with Crippen molar-refractivity contribution in [2.24, 2.45) is 0 Å². The van der Waals surface area contributed by atoms with Crippen LogP contribution >= 0.6 is 11.6 Å². The lowest BCUT2D eigenvalue weighted by molar-refractivity contribution is 0.415. The van der Waals surface area contributed by atoms with Gasteiger partial charge in [-0.15, -0.1) is 0 Å². The van der Waals surface area contributed by atoms with Crippen LogP contribution in [-0.2, 0) is 6.42 Å². The number of ether oxygens (including phenoxy) is 1. The lowest BCUT2D eigenvalue weighted by Crippen LogP contribution is -2.18. The second kappa shape index (κ2) is 6.40. The van der Waals surface area contributed by atoms with Crippen LogP contribution in [0.3, 0.4) is 0 Å². The molecule has 21 heavy (non-hydrogen) atoms. The fourth-order valence-electron chi connectivity index (χ4n) is 3.08. The van der Waals surface area contributed by atoms with Gasteiger partial charge >= 0.3 is 0 Å². The lowest BCUT2D eigenvalue weighted by atomic mass is 9.83. The minimum Gasteiger partial charge on any atom is -0.495 e. The van der Waals surface area contributed by atoms with E-state index >= 15 is 0 Å². The van der Waals surface area contributed by atoms with Gasteiger partial charge in [0.05, 0.1) is 12.1 Å². The highest BCUT2D eigenvalue weighted by atomic mass is 35.5. The van der Waals surface area contributed by atoms with Crippen LogP contribution in [0, 0.1) is 0 Å². The summed E-state index contributed by atoms with van der Waals surface area (Å²) in [6.07, 6.45) is 3.72. The Labute approximate surface area is 131 Å². The number of methoxy groups -OCH3 is 1. The van der Waals surface area contributed by atoms with Gasteiger partial charge in [0.15, 0.2) is 0 Å². The minimum absolute atomic E-state index is 0.579. The number of hydrogen-bond acceptors (Lipinski definition) is 2. The summed E-state index contributed by atoms with van der Waals surface area (Å²) in [5.74, 6) is 1.29. The van der Waals surface area contributed by atoms with Crippen LogP contribution in [-0.4, -0.2) is 13.7 Å². The van der Waals surface area contributed by atoms with E-state index in [0.29, 0.717) is 16.7 Å². The predicted octanol–water partition coefficient (Wildman–Crippen LogP) is 4.88. The number of anilines is 1. The highest BCUT2D eigenvalue weighted by Gasteiger charge is 2.19. The molecule has 3 heteroatoms. The normalized spacial score (nSPS) is 17.1. The third-order valence-electron chi connectivity index (χ3n) is 4.20. The molecule has 2 aromatic rings. The molecule has 1 atom stereocenters. The van der Waals surface area contributed by atoms with Gasteiger partial charge in [-0.05, 0) is 48.6 Å². The van der Waals surface area contributed by atoms with E-state index in [1.165, 1.54) is 30.4 Å². The SMILES string of the molecule is COc1ccc(NCC2CCCc3ccccc32)cc1Cl. The first-order valence-electron chi connectivity index (χ1n) is 7.43. The summed E-state index contributed by atoms with van der Waals surface area (Å²) in [6.45, 7) is 0.944. The third kappa shape index (κ3) is 3.16. The maximum atomic E-state index is 6.17. The van der Waals surface area contributed by atoms with Crippen LogP contribution in [0.1, 0.15) is 29.9 Å². The average molecular weight is 302 g/mol. The summed E-state index contributed by atoms with van der Waals surface area (Å²) in [6, 6.07) is 14.6. The summed E-state index contributed by atoms with van der Waals surface area (Å²) in [5, 5.41) is 4.15. The van der Waals surface area contributed by atoms with E-state index in [9.17, 15) is 0 Å². The maximum absolute atomic E-state index is 6.17. The van der Waals surface area contributed by atoms with Gasteiger partial charge in [-0.25, -0.2) is 0 Å². The van der Waals surface area contributed by atoms with E-state index in [2.05, 4.69) is 29.6 Å². The van der Waals surface area contributed by atoms with Crippen molar-refractivity contribution in [2.45, 2.75) is 25.2 Å². The van der Waals surface area contributed by atoms with Crippen LogP contribution in [0.25, 0.3) is 0 Å². The Morgan fingerprint density at radius 3 is 2.90 bits per heavy atom. The molecule has 2 aromatic carbocycles. The Bertz CT molecular complexity index is 626. The van der Waals surface area contributed by atoms with E-state index in [1.807, 2.05) is 18.2 Å². The zero-order valence-corrected chi connectivity index (χ0v) is 13.0. The Morgan fingerprint density at radius 1 is 1.24 bits per heavy atom. The highest BCUT2D eigenvalue weighted by molar-refractivity contribution is 6.32. The molecule has 1 aliphatic carbocycles. The fourth-order valence-corrected chi connectivity index (χ4v) is 3.34. The molecular weight excluding hydrogens is 282 g/mol. The molecule has 0 saturated carbocycles. The first kappa shape index (κ1) is 14.3. The minimum atomic E-state index is 0.579. The summed E-state index contributed by atoms with van der Waals surface area (Å²) in [4.78, 5) is 0. The molecule has 0 heterocycles. The van der Waals surface area contributed by atoms with Crippen LogP contribution in [0.15, 0.2) is 42.5 Å². The number of halogens is 1. The van der Waals surface area contributed by atoms with Crippen molar-refractivity contribution in [2.75, 3.05) is 19.0 Å². The molecule has 1 aliphatic rings. The van der Waals surface area contributed by atoms with Crippen LogP contribution < -0.4 is 10.1 Å². The number of fused-ring (bicyclic) bond motifs is 1. The van der Waals surface area contributed by atoms with Gasteiger partial charge < -0.3 is 10.1 Å². The summed E-state index contributed by atoms with van der Waals surface area (Å²) in [7, 11) is 1.63. The molecule has 0 fully saturated rings. The van der Waals surface area contributed by atoms with E-state index in [-0.39, 0.29) is 0 Å². The van der Waals surface area contributed by atoms with E-state index < -0.39 is 0 Å². The molecule has 2 nitrogen and oxygen atoms in total. The van der Waals surface area contributed by atoms with Crippen LogP contribution in [0.4, 0.5) is 5.69 Å². The lowest BCUT2D eigenvalue weighted by Gasteiger charge is -2.26. The molecule has 0 saturated heterocycles. The fraction of sp³-hybridized carbons (Fsp3) is 0.333. The Balaban J connectivity index is 1.70. The maximum Gasteiger partial charge on any atom is 0.137 e. The Kier molecular flexibility index (Phi) is 4.35. The third-order valence-corrected chi connectivity index (χ3v) is 4.49. The quantitative estimate of drug-likeness (QED) is 0.869. The summed E-state index contributed by atoms with van der Waals surface area (Å²) < 4.78 is 5.18. The van der Waals surface area contributed by atoms with Gasteiger partial charge in [0.25, 0.3) is 0 Å². The smallest absolute Gasteiger partial charge is 0.137 e. The van der Waals surface area contributed by atoms with E-state index in [4.69, 9.17) is 16.3 Å². The van der Waals surface area contributed by atoms with Crippen molar-refractivity contribution in [3.63, 3.8) is 0 Å². The van der Waals surface area contributed by atoms with Crippen molar-refractivity contribution >= 4 is 17.3 Å². The number of hydrogen-bond donors (Lipinski definition) is 1. The average Bonchev–Trinajstić information content (AvgIpc) is 2.53. The van der Waals surface area contributed by atoms with Crippen molar-refractivity contribution in [3.8, 4) is 5.75 Å². The van der Waals surface area contributed by atoms with Gasteiger partial charge in [-0.1, -0.05) is 35.9 Å². The Hall–Kier alpha value is -1.67. The van der Waals surface area contributed by atoms with Gasteiger partial charge in [0.1, 0.15) is 5.75 Å². The number of aryl methyl sites for hydroxylation is 1. The molecule has 3 rings (SSSR count).